The van der Waals surface area contributed by atoms with Gasteiger partial charge in [-0.25, -0.2) is 9.55 Å². The highest BCUT2D eigenvalue weighted by Crippen LogP contribution is 2.33. The van der Waals surface area contributed by atoms with Crippen molar-refractivity contribution in [1.82, 2.24) is 24.7 Å². The number of nitrogen functional groups attached to an aromatic ring is 1. The Hall–Kier alpha value is -3.54. The minimum absolute atomic E-state index is 0.112. The van der Waals surface area contributed by atoms with Gasteiger partial charge in [0.25, 0.3) is 0 Å². The summed E-state index contributed by atoms with van der Waals surface area (Å²) in [7, 11) is 0. The van der Waals surface area contributed by atoms with Gasteiger partial charge in [-0.15, -0.1) is 0 Å². The number of aliphatic hydroxyl groups is 1. The van der Waals surface area contributed by atoms with Crippen molar-refractivity contribution in [2.45, 2.75) is 45.2 Å². The fraction of sp³-hybridized carbons (Fsp3) is 0.391. The number of ether oxygens (including phenoxy) is 3. The molecule has 1 aliphatic rings. The Kier molecular flexibility index (Phi) is 5.27. The van der Waals surface area contributed by atoms with E-state index in [-0.39, 0.29) is 18.7 Å². The maximum Gasteiger partial charge on any atom is 0.303 e. The summed E-state index contributed by atoms with van der Waals surface area (Å²) >= 11 is 0. The molecule has 1 saturated heterocycles. The van der Waals surface area contributed by atoms with Gasteiger partial charge >= 0.3 is 6.01 Å². The van der Waals surface area contributed by atoms with Crippen LogP contribution in [0.3, 0.4) is 0 Å². The molecule has 178 valence electrons. The number of nitrogens with zero attached hydrogens (tertiary/aromatic N) is 5. The molecule has 0 radical (unpaired) electrons. The van der Waals surface area contributed by atoms with E-state index in [0.717, 1.165) is 0 Å². The van der Waals surface area contributed by atoms with E-state index >= 15 is 0 Å². The quantitative estimate of drug-likeness (QED) is 0.435. The van der Waals surface area contributed by atoms with E-state index in [2.05, 4.69) is 20.1 Å². The first kappa shape index (κ1) is 22.3. The summed E-state index contributed by atoms with van der Waals surface area (Å²) < 4.78 is 24.4. The molecule has 4 heterocycles. The molecule has 0 amide bonds. The number of rotatable bonds is 6. The van der Waals surface area contributed by atoms with Crippen LogP contribution >= 0.6 is 0 Å². The third kappa shape index (κ3) is 4.09. The highest BCUT2D eigenvalue weighted by Gasteiger charge is 2.34. The zero-order valence-corrected chi connectivity index (χ0v) is 19.3. The Balaban J connectivity index is 1.57. The first-order chi connectivity index (χ1) is 16.1. The number of aryl methyl sites for hydroxylation is 1. The Morgan fingerprint density at radius 1 is 1.26 bits per heavy atom. The standard InChI is InChI=1S/C23H26N6O5/c1-13-9-18(28-34-13)23(4,30)14-5-6-16-17(10-14)29(19-7-8-25-20(24)27-19)21(26-16)31-11-15-12-32-22(2,3)33-15/h5-10,15,30H,11-12H2,1-4H3,(H2,24,25,27). The Morgan fingerprint density at radius 3 is 2.76 bits per heavy atom. The average molecular weight is 466 g/mol. The number of hydrogen-bond donors (Lipinski definition) is 2. The van der Waals surface area contributed by atoms with Crippen LogP contribution in [0.1, 0.15) is 37.8 Å². The van der Waals surface area contributed by atoms with Crippen LogP contribution in [0.2, 0.25) is 0 Å². The number of imidazole rings is 1. The van der Waals surface area contributed by atoms with Crippen molar-refractivity contribution in [3.63, 3.8) is 0 Å². The molecule has 1 fully saturated rings. The maximum atomic E-state index is 11.3. The predicted molar refractivity (Wildman–Crippen MR) is 121 cm³/mol. The van der Waals surface area contributed by atoms with Gasteiger partial charge in [0, 0.05) is 18.3 Å². The molecule has 34 heavy (non-hydrogen) atoms. The molecule has 11 nitrogen and oxygen atoms in total. The first-order valence-corrected chi connectivity index (χ1v) is 10.8. The second kappa shape index (κ2) is 8.05. The molecule has 4 aromatic rings. The first-order valence-electron chi connectivity index (χ1n) is 10.8. The number of hydrogen-bond acceptors (Lipinski definition) is 10. The van der Waals surface area contributed by atoms with Crippen LogP contribution in [0.25, 0.3) is 16.9 Å². The second-order valence-corrected chi connectivity index (χ2v) is 8.86. The number of nitrogens with two attached hydrogens (primary N) is 1. The molecular weight excluding hydrogens is 440 g/mol. The van der Waals surface area contributed by atoms with Gasteiger partial charge in [0.15, 0.2) is 5.79 Å². The van der Waals surface area contributed by atoms with Crippen molar-refractivity contribution in [3.8, 4) is 11.8 Å². The number of benzene rings is 1. The van der Waals surface area contributed by atoms with E-state index in [9.17, 15) is 5.11 Å². The minimum atomic E-state index is -1.40. The van der Waals surface area contributed by atoms with Gasteiger partial charge in [0.05, 0.1) is 17.6 Å². The smallest absolute Gasteiger partial charge is 0.303 e. The molecule has 3 N–H and O–H groups in total. The van der Waals surface area contributed by atoms with E-state index in [1.54, 1.807) is 48.9 Å². The highest BCUT2D eigenvalue weighted by molar-refractivity contribution is 5.80. The third-order valence-corrected chi connectivity index (χ3v) is 5.67. The fourth-order valence-corrected chi connectivity index (χ4v) is 3.92. The lowest BCUT2D eigenvalue weighted by atomic mass is 9.92. The highest BCUT2D eigenvalue weighted by atomic mass is 16.7. The van der Waals surface area contributed by atoms with Gasteiger partial charge in [-0.3, -0.25) is 0 Å². The molecule has 0 bridgehead atoms. The van der Waals surface area contributed by atoms with E-state index in [4.69, 9.17) is 24.5 Å². The topological polar surface area (TPSA) is 144 Å². The molecule has 3 aromatic heterocycles. The zero-order valence-electron chi connectivity index (χ0n) is 19.3. The molecule has 5 rings (SSSR count). The van der Waals surface area contributed by atoms with Crippen molar-refractivity contribution >= 4 is 17.0 Å². The van der Waals surface area contributed by atoms with Crippen LogP contribution < -0.4 is 10.5 Å². The maximum absolute atomic E-state index is 11.3. The number of anilines is 1. The van der Waals surface area contributed by atoms with Crippen molar-refractivity contribution in [3.05, 3.63) is 53.5 Å². The normalized spacial score (nSPS) is 19.4. The summed E-state index contributed by atoms with van der Waals surface area (Å²) in [6.45, 7) is 7.79. The summed E-state index contributed by atoms with van der Waals surface area (Å²) in [6.07, 6.45) is 1.31. The monoisotopic (exact) mass is 466 g/mol. The lowest BCUT2D eigenvalue weighted by Crippen LogP contribution is -2.25. The fourth-order valence-electron chi connectivity index (χ4n) is 3.92. The van der Waals surface area contributed by atoms with Crippen molar-refractivity contribution in [2.75, 3.05) is 18.9 Å². The zero-order chi connectivity index (χ0) is 24.1. The van der Waals surface area contributed by atoms with E-state index in [0.29, 0.717) is 46.5 Å². The van der Waals surface area contributed by atoms with E-state index in [1.165, 1.54) is 0 Å². The van der Waals surface area contributed by atoms with Gasteiger partial charge in [-0.1, -0.05) is 11.2 Å². The van der Waals surface area contributed by atoms with Crippen LogP contribution in [-0.2, 0) is 15.1 Å². The van der Waals surface area contributed by atoms with Gasteiger partial charge in [-0.2, -0.15) is 9.97 Å². The van der Waals surface area contributed by atoms with Gasteiger partial charge in [0.1, 0.15) is 35.6 Å². The largest absolute Gasteiger partial charge is 0.462 e. The lowest BCUT2D eigenvalue weighted by molar-refractivity contribution is -0.141. The van der Waals surface area contributed by atoms with Gasteiger partial charge < -0.3 is 29.6 Å². The van der Waals surface area contributed by atoms with Crippen molar-refractivity contribution in [2.24, 2.45) is 0 Å². The van der Waals surface area contributed by atoms with Crippen molar-refractivity contribution in [1.29, 1.82) is 0 Å². The van der Waals surface area contributed by atoms with Crippen LogP contribution in [-0.4, -0.2) is 54.9 Å². The minimum Gasteiger partial charge on any atom is -0.462 e. The Morgan fingerprint density at radius 2 is 2.09 bits per heavy atom. The molecule has 1 aromatic carbocycles. The van der Waals surface area contributed by atoms with E-state index in [1.807, 2.05) is 19.9 Å². The van der Waals surface area contributed by atoms with Crippen molar-refractivity contribution < 1.29 is 23.8 Å². The van der Waals surface area contributed by atoms with Crippen LogP contribution in [0.5, 0.6) is 6.01 Å². The molecule has 0 spiro atoms. The van der Waals surface area contributed by atoms with Crippen LogP contribution in [0.15, 0.2) is 41.1 Å². The molecule has 1 aliphatic heterocycles. The Labute approximate surface area is 195 Å². The summed E-state index contributed by atoms with van der Waals surface area (Å²) in [5.74, 6) is 0.536. The lowest BCUT2D eigenvalue weighted by Gasteiger charge is -2.21. The molecule has 0 saturated carbocycles. The third-order valence-electron chi connectivity index (χ3n) is 5.67. The molecule has 0 aliphatic carbocycles. The molecule has 2 atom stereocenters. The summed E-state index contributed by atoms with van der Waals surface area (Å²) in [5, 5.41) is 15.3. The molecule has 11 heteroatoms. The Bertz CT molecular complexity index is 1340. The van der Waals surface area contributed by atoms with Crippen LogP contribution in [0.4, 0.5) is 5.95 Å². The average Bonchev–Trinajstić information content (AvgIpc) is 3.48. The number of fused-ring (bicyclic) bond motifs is 1. The number of aromatic nitrogens is 5. The summed E-state index contributed by atoms with van der Waals surface area (Å²) in [4.78, 5) is 13.0. The van der Waals surface area contributed by atoms with Gasteiger partial charge in [0.2, 0.25) is 5.95 Å². The summed E-state index contributed by atoms with van der Waals surface area (Å²) in [6, 6.07) is 9.11. The predicted octanol–water partition coefficient (Wildman–Crippen LogP) is 2.48. The summed E-state index contributed by atoms with van der Waals surface area (Å²) in [5.41, 5.74) is 6.76. The molecule has 2 unspecified atom stereocenters. The van der Waals surface area contributed by atoms with Crippen LogP contribution in [0, 0.1) is 6.92 Å². The SMILES string of the molecule is Cc1cc(C(C)(O)c2ccc3nc(OCC4COC(C)(C)O4)n(-c4ccnc(N)n4)c3c2)no1. The molecular formula is C23H26N6O5. The van der Waals surface area contributed by atoms with Gasteiger partial charge in [-0.05, 0) is 45.4 Å². The van der Waals surface area contributed by atoms with E-state index < -0.39 is 11.4 Å². The second-order valence-electron chi connectivity index (χ2n) is 8.86.